The fourth-order valence-corrected chi connectivity index (χ4v) is 3.61. The van der Waals surface area contributed by atoms with E-state index in [1.165, 1.54) is 10.8 Å². The van der Waals surface area contributed by atoms with Crippen molar-refractivity contribution in [3.8, 4) is 16.9 Å². The van der Waals surface area contributed by atoms with Crippen LogP contribution in [0.3, 0.4) is 0 Å². The summed E-state index contributed by atoms with van der Waals surface area (Å²) in [5, 5.41) is 14.8. The first-order valence-corrected chi connectivity index (χ1v) is 8.03. The van der Waals surface area contributed by atoms with Gasteiger partial charge in [0.05, 0.1) is 5.52 Å². The van der Waals surface area contributed by atoms with Crippen molar-refractivity contribution in [3.05, 3.63) is 78.9 Å². The summed E-state index contributed by atoms with van der Waals surface area (Å²) in [4.78, 5) is 3.57. The van der Waals surface area contributed by atoms with Gasteiger partial charge in [0.25, 0.3) is 0 Å². The van der Waals surface area contributed by atoms with Crippen molar-refractivity contribution < 1.29 is 5.11 Å². The number of benzene rings is 4. The van der Waals surface area contributed by atoms with Crippen LogP contribution in [0, 0.1) is 0 Å². The van der Waals surface area contributed by atoms with Gasteiger partial charge >= 0.3 is 0 Å². The molecule has 0 amide bonds. The summed E-state index contributed by atoms with van der Waals surface area (Å²) in [5.74, 6) is 0.289. The Hall–Kier alpha value is -3.26. The van der Waals surface area contributed by atoms with Crippen molar-refractivity contribution in [2.75, 3.05) is 0 Å². The lowest BCUT2D eigenvalue weighted by Crippen LogP contribution is -1.84. The first kappa shape index (κ1) is 13.2. The van der Waals surface area contributed by atoms with Crippen LogP contribution in [0.1, 0.15) is 0 Å². The largest absolute Gasteiger partial charge is 0.508 e. The monoisotopic (exact) mass is 309 g/mol. The summed E-state index contributed by atoms with van der Waals surface area (Å²) in [7, 11) is 0. The van der Waals surface area contributed by atoms with Crippen LogP contribution in [0.25, 0.3) is 43.7 Å². The maximum atomic E-state index is 10.2. The van der Waals surface area contributed by atoms with Crippen LogP contribution in [0.5, 0.6) is 5.75 Å². The Labute approximate surface area is 139 Å². The number of phenolic OH excluding ortho intramolecular Hbond substituents is 1. The normalized spacial score (nSPS) is 11.5. The molecule has 0 spiro atoms. The van der Waals surface area contributed by atoms with Gasteiger partial charge < -0.3 is 10.1 Å². The van der Waals surface area contributed by atoms with E-state index in [2.05, 4.69) is 47.4 Å². The van der Waals surface area contributed by atoms with Gasteiger partial charge in [0.15, 0.2) is 0 Å². The number of hydrogen-bond donors (Lipinski definition) is 2. The molecule has 2 heteroatoms. The second-order valence-electron chi connectivity index (χ2n) is 6.12. The van der Waals surface area contributed by atoms with Crippen LogP contribution in [0.2, 0.25) is 0 Å². The molecule has 0 aliphatic rings. The number of fused-ring (bicyclic) bond motifs is 5. The number of hydrogen-bond acceptors (Lipinski definition) is 1. The lowest BCUT2D eigenvalue weighted by atomic mass is 9.96. The molecular weight excluding hydrogens is 294 g/mol. The van der Waals surface area contributed by atoms with Crippen molar-refractivity contribution in [3.63, 3.8) is 0 Å². The summed E-state index contributed by atoms with van der Waals surface area (Å²) in [6, 6.07) is 26.5. The molecule has 4 aromatic carbocycles. The van der Waals surface area contributed by atoms with Gasteiger partial charge in [0, 0.05) is 21.7 Å². The van der Waals surface area contributed by atoms with E-state index in [1.807, 2.05) is 36.4 Å². The third-order valence-corrected chi connectivity index (χ3v) is 4.66. The molecule has 0 saturated carbocycles. The van der Waals surface area contributed by atoms with E-state index >= 15 is 0 Å². The van der Waals surface area contributed by atoms with Crippen molar-refractivity contribution in [1.29, 1.82) is 0 Å². The molecule has 0 radical (unpaired) electrons. The number of H-pyrrole nitrogens is 1. The summed E-state index contributed by atoms with van der Waals surface area (Å²) >= 11 is 0. The molecule has 0 aliphatic heterocycles. The Bertz CT molecular complexity index is 1200. The summed E-state index contributed by atoms with van der Waals surface area (Å²) < 4.78 is 0. The molecule has 5 aromatic rings. The van der Waals surface area contributed by atoms with Crippen molar-refractivity contribution in [1.82, 2.24) is 4.98 Å². The fraction of sp³-hybridized carbons (Fsp3) is 0. The SMILES string of the molecule is Oc1cc(-c2ccccc2)c2c(ccc3c4ccccc4[nH]c32)c1. The Kier molecular flexibility index (Phi) is 2.68. The van der Waals surface area contributed by atoms with Gasteiger partial charge in [-0.3, -0.25) is 0 Å². The predicted molar refractivity (Wildman–Crippen MR) is 100 cm³/mol. The Morgan fingerprint density at radius 1 is 0.708 bits per heavy atom. The number of aromatic amines is 1. The topological polar surface area (TPSA) is 36.0 Å². The molecule has 0 saturated heterocycles. The first-order chi connectivity index (χ1) is 11.8. The highest BCUT2D eigenvalue weighted by Crippen LogP contribution is 2.39. The molecule has 1 aromatic heterocycles. The second kappa shape index (κ2) is 4.87. The minimum absolute atomic E-state index is 0.289. The zero-order valence-electron chi connectivity index (χ0n) is 13.0. The molecule has 0 aliphatic carbocycles. The van der Waals surface area contributed by atoms with E-state index in [9.17, 15) is 5.11 Å². The van der Waals surface area contributed by atoms with Crippen LogP contribution < -0.4 is 0 Å². The number of rotatable bonds is 1. The number of aromatic nitrogens is 1. The highest BCUT2D eigenvalue weighted by Gasteiger charge is 2.13. The first-order valence-electron chi connectivity index (χ1n) is 8.03. The maximum Gasteiger partial charge on any atom is 0.116 e. The van der Waals surface area contributed by atoms with Gasteiger partial charge in [0.1, 0.15) is 5.75 Å². The highest BCUT2D eigenvalue weighted by molar-refractivity contribution is 6.20. The molecule has 5 rings (SSSR count). The molecule has 2 nitrogen and oxygen atoms in total. The highest BCUT2D eigenvalue weighted by atomic mass is 16.3. The average molecular weight is 309 g/mol. The molecule has 0 atom stereocenters. The average Bonchev–Trinajstić information content (AvgIpc) is 3.00. The van der Waals surface area contributed by atoms with E-state index in [1.54, 1.807) is 0 Å². The number of para-hydroxylation sites is 1. The van der Waals surface area contributed by atoms with Crippen LogP contribution in [0.15, 0.2) is 78.9 Å². The number of aromatic hydroxyl groups is 1. The molecular formula is C22H15NO. The lowest BCUT2D eigenvalue weighted by molar-refractivity contribution is 0.476. The Morgan fingerprint density at radius 3 is 2.38 bits per heavy atom. The van der Waals surface area contributed by atoms with Crippen molar-refractivity contribution in [2.45, 2.75) is 0 Å². The van der Waals surface area contributed by atoms with Crippen LogP contribution in [0.4, 0.5) is 0 Å². The van der Waals surface area contributed by atoms with Gasteiger partial charge in [-0.2, -0.15) is 0 Å². The Morgan fingerprint density at radius 2 is 1.50 bits per heavy atom. The zero-order valence-corrected chi connectivity index (χ0v) is 13.0. The minimum Gasteiger partial charge on any atom is -0.508 e. The maximum absolute atomic E-state index is 10.2. The predicted octanol–water partition coefficient (Wildman–Crippen LogP) is 5.85. The third kappa shape index (κ3) is 1.83. The van der Waals surface area contributed by atoms with E-state index in [0.29, 0.717) is 0 Å². The van der Waals surface area contributed by atoms with Gasteiger partial charge in [0.2, 0.25) is 0 Å². The molecule has 24 heavy (non-hydrogen) atoms. The van der Waals surface area contributed by atoms with Crippen LogP contribution in [-0.4, -0.2) is 10.1 Å². The van der Waals surface area contributed by atoms with Crippen molar-refractivity contribution >= 4 is 32.6 Å². The third-order valence-electron chi connectivity index (χ3n) is 4.66. The van der Waals surface area contributed by atoms with E-state index in [-0.39, 0.29) is 5.75 Å². The Balaban J connectivity index is 2.01. The molecule has 0 fully saturated rings. The molecule has 0 bridgehead atoms. The quantitative estimate of drug-likeness (QED) is 0.400. The molecule has 2 N–H and O–H groups in total. The van der Waals surface area contributed by atoms with Crippen LogP contribution >= 0.6 is 0 Å². The van der Waals surface area contributed by atoms with E-state index < -0.39 is 0 Å². The smallest absolute Gasteiger partial charge is 0.116 e. The number of nitrogens with one attached hydrogen (secondary N) is 1. The summed E-state index contributed by atoms with van der Waals surface area (Å²) in [6.07, 6.45) is 0. The summed E-state index contributed by atoms with van der Waals surface area (Å²) in [5.41, 5.74) is 4.40. The van der Waals surface area contributed by atoms with Crippen LogP contribution in [-0.2, 0) is 0 Å². The zero-order chi connectivity index (χ0) is 16.1. The second-order valence-corrected chi connectivity index (χ2v) is 6.12. The standard InChI is InChI=1S/C22H15NO/c24-16-12-15-10-11-18-17-8-4-5-9-20(17)23-22(18)21(15)19(13-16)14-6-2-1-3-7-14/h1-13,23-24H. The van der Waals surface area contributed by atoms with Gasteiger partial charge in [-0.05, 0) is 34.7 Å². The summed E-state index contributed by atoms with van der Waals surface area (Å²) in [6.45, 7) is 0. The van der Waals surface area contributed by atoms with Crippen molar-refractivity contribution in [2.24, 2.45) is 0 Å². The van der Waals surface area contributed by atoms with E-state index in [4.69, 9.17) is 0 Å². The minimum atomic E-state index is 0.289. The molecule has 1 heterocycles. The van der Waals surface area contributed by atoms with Gasteiger partial charge in [-0.25, -0.2) is 0 Å². The lowest BCUT2D eigenvalue weighted by Gasteiger charge is -2.09. The molecule has 114 valence electrons. The fourth-order valence-electron chi connectivity index (χ4n) is 3.61. The molecule has 0 unspecified atom stereocenters. The number of phenols is 1. The van der Waals surface area contributed by atoms with Gasteiger partial charge in [-0.1, -0.05) is 60.7 Å². The van der Waals surface area contributed by atoms with E-state index in [0.717, 1.165) is 32.9 Å². The van der Waals surface area contributed by atoms with Gasteiger partial charge in [-0.15, -0.1) is 0 Å².